The normalized spacial score (nSPS) is 8.35. The predicted octanol–water partition coefficient (Wildman–Crippen LogP) is 0.00520. The van der Waals surface area contributed by atoms with E-state index < -0.39 is 0 Å². The standard InChI is InChI=1S/C9H12N2O.C2H7N3/c1-10-9(12)11-7-8-5-3-2-4-6-8;1-5-2(3)4/h2-6H,7H2,1H3,(H2,10,11,12);1H3,(H4,3,4,5). The van der Waals surface area contributed by atoms with Crippen LogP contribution in [0.1, 0.15) is 5.56 Å². The molecule has 2 amide bonds. The minimum atomic E-state index is -0.154. The average molecular weight is 237 g/mol. The van der Waals surface area contributed by atoms with E-state index in [0.717, 1.165) is 5.56 Å². The second-order valence-electron chi connectivity index (χ2n) is 3.07. The second-order valence-corrected chi connectivity index (χ2v) is 3.07. The van der Waals surface area contributed by atoms with E-state index in [2.05, 4.69) is 15.6 Å². The number of nitrogens with two attached hydrogens (primary N) is 2. The maximum absolute atomic E-state index is 10.8. The summed E-state index contributed by atoms with van der Waals surface area (Å²) in [7, 11) is 3.13. The third-order valence-corrected chi connectivity index (χ3v) is 1.78. The highest BCUT2D eigenvalue weighted by molar-refractivity contribution is 5.75. The first-order valence-electron chi connectivity index (χ1n) is 5.07. The first kappa shape index (κ1) is 14.8. The Balaban J connectivity index is 0.000000437. The van der Waals surface area contributed by atoms with Crippen LogP contribution in [0.5, 0.6) is 0 Å². The molecule has 1 rings (SSSR count). The van der Waals surface area contributed by atoms with Crippen LogP contribution in [0.25, 0.3) is 0 Å². The number of aliphatic imine (C=N–C) groups is 1. The third kappa shape index (κ3) is 8.73. The van der Waals surface area contributed by atoms with E-state index in [9.17, 15) is 4.79 Å². The fraction of sp³-hybridized carbons (Fsp3) is 0.273. The van der Waals surface area contributed by atoms with Gasteiger partial charge < -0.3 is 22.1 Å². The Hall–Kier alpha value is -2.24. The van der Waals surface area contributed by atoms with Crippen molar-refractivity contribution in [3.63, 3.8) is 0 Å². The maximum atomic E-state index is 10.8. The average Bonchev–Trinajstić information content (AvgIpc) is 2.37. The summed E-state index contributed by atoms with van der Waals surface area (Å²) in [6.45, 7) is 0.570. The van der Waals surface area contributed by atoms with E-state index in [1.165, 1.54) is 7.05 Å². The van der Waals surface area contributed by atoms with Gasteiger partial charge in [0, 0.05) is 20.6 Å². The van der Waals surface area contributed by atoms with Gasteiger partial charge in [0.2, 0.25) is 0 Å². The molecule has 0 aliphatic heterocycles. The Morgan fingerprint density at radius 1 is 1.29 bits per heavy atom. The summed E-state index contributed by atoms with van der Waals surface area (Å²) in [5.41, 5.74) is 10.7. The quantitative estimate of drug-likeness (QED) is 0.430. The minimum absolute atomic E-state index is 0.130. The van der Waals surface area contributed by atoms with Crippen LogP contribution >= 0.6 is 0 Å². The molecule has 0 unspecified atom stereocenters. The molecule has 1 aromatic rings. The van der Waals surface area contributed by atoms with Gasteiger partial charge in [-0.2, -0.15) is 0 Å². The van der Waals surface area contributed by atoms with Crippen molar-refractivity contribution in [1.29, 1.82) is 0 Å². The number of amides is 2. The molecule has 0 spiro atoms. The molecule has 0 radical (unpaired) electrons. The molecule has 0 aliphatic carbocycles. The summed E-state index contributed by atoms with van der Waals surface area (Å²) in [4.78, 5) is 14.1. The van der Waals surface area contributed by atoms with E-state index in [4.69, 9.17) is 11.5 Å². The van der Waals surface area contributed by atoms with Gasteiger partial charge in [-0.15, -0.1) is 0 Å². The number of nitrogens with one attached hydrogen (secondary N) is 2. The maximum Gasteiger partial charge on any atom is 0.314 e. The Labute approximate surface area is 101 Å². The summed E-state index contributed by atoms with van der Waals surface area (Å²) >= 11 is 0. The number of urea groups is 1. The SMILES string of the molecule is CN=C(N)N.CNC(=O)NCc1ccccc1. The summed E-state index contributed by atoms with van der Waals surface area (Å²) < 4.78 is 0. The van der Waals surface area contributed by atoms with E-state index in [0.29, 0.717) is 6.54 Å². The predicted molar refractivity (Wildman–Crippen MR) is 69.5 cm³/mol. The molecule has 0 bridgehead atoms. The fourth-order valence-corrected chi connectivity index (χ4v) is 0.867. The van der Waals surface area contributed by atoms with Crippen LogP contribution in [0.4, 0.5) is 4.79 Å². The van der Waals surface area contributed by atoms with Crippen LogP contribution < -0.4 is 22.1 Å². The summed E-state index contributed by atoms with van der Waals surface area (Å²) in [5.74, 6) is 0.130. The van der Waals surface area contributed by atoms with Crippen LogP contribution in [-0.2, 0) is 6.54 Å². The smallest absolute Gasteiger partial charge is 0.314 e. The van der Waals surface area contributed by atoms with Gasteiger partial charge in [-0.05, 0) is 5.56 Å². The molecular weight excluding hydrogens is 218 g/mol. The molecule has 0 aromatic heterocycles. The topological polar surface area (TPSA) is 106 Å². The number of rotatable bonds is 2. The number of guanidine groups is 1. The van der Waals surface area contributed by atoms with Crippen LogP contribution in [0, 0.1) is 0 Å². The number of hydrogen-bond donors (Lipinski definition) is 4. The van der Waals surface area contributed by atoms with Crippen LogP contribution in [0.3, 0.4) is 0 Å². The lowest BCUT2D eigenvalue weighted by Gasteiger charge is -2.03. The summed E-state index contributed by atoms with van der Waals surface area (Å²) in [6.07, 6.45) is 0. The molecule has 0 saturated heterocycles. The zero-order chi connectivity index (χ0) is 13.1. The fourth-order valence-electron chi connectivity index (χ4n) is 0.867. The zero-order valence-electron chi connectivity index (χ0n) is 10.1. The largest absolute Gasteiger partial charge is 0.370 e. The third-order valence-electron chi connectivity index (χ3n) is 1.78. The summed E-state index contributed by atoms with van der Waals surface area (Å²) in [5, 5.41) is 5.18. The lowest BCUT2D eigenvalue weighted by molar-refractivity contribution is 0.242. The van der Waals surface area contributed by atoms with Crippen molar-refractivity contribution in [2.45, 2.75) is 6.54 Å². The molecule has 6 heteroatoms. The van der Waals surface area contributed by atoms with Crippen molar-refractivity contribution in [2.75, 3.05) is 14.1 Å². The monoisotopic (exact) mass is 237 g/mol. The van der Waals surface area contributed by atoms with Gasteiger partial charge in [-0.25, -0.2) is 4.79 Å². The van der Waals surface area contributed by atoms with Gasteiger partial charge in [-0.3, -0.25) is 4.99 Å². The summed E-state index contributed by atoms with van der Waals surface area (Å²) in [6, 6.07) is 9.62. The molecule has 6 N–H and O–H groups in total. The molecule has 0 aliphatic rings. The van der Waals surface area contributed by atoms with E-state index in [-0.39, 0.29) is 12.0 Å². The molecule has 17 heavy (non-hydrogen) atoms. The van der Waals surface area contributed by atoms with E-state index >= 15 is 0 Å². The molecule has 1 aromatic carbocycles. The van der Waals surface area contributed by atoms with Crippen molar-refractivity contribution in [2.24, 2.45) is 16.5 Å². The van der Waals surface area contributed by atoms with Gasteiger partial charge >= 0.3 is 6.03 Å². The highest BCUT2D eigenvalue weighted by atomic mass is 16.2. The molecule has 0 heterocycles. The van der Waals surface area contributed by atoms with Crippen molar-refractivity contribution in [3.8, 4) is 0 Å². The zero-order valence-corrected chi connectivity index (χ0v) is 10.1. The lowest BCUT2D eigenvalue weighted by atomic mass is 10.2. The number of benzene rings is 1. The van der Waals surface area contributed by atoms with Crippen LogP contribution in [-0.4, -0.2) is 26.1 Å². The first-order valence-corrected chi connectivity index (χ1v) is 5.07. The van der Waals surface area contributed by atoms with Crippen molar-refractivity contribution < 1.29 is 4.79 Å². The Bertz CT molecular complexity index is 346. The Morgan fingerprint density at radius 3 is 2.24 bits per heavy atom. The van der Waals surface area contributed by atoms with Gasteiger partial charge in [0.25, 0.3) is 0 Å². The number of hydrogen-bond acceptors (Lipinski definition) is 2. The Kier molecular flexibility index (Phi) is 7.83. The van der Waals surface area contributed by atoms with Crippen LogP contribution in [0.15, 0.2) is 35.3 Å². The van der Waals surface area contributed by atoms with Crippen molar-refractivity contribution in [1.82, 2.24) is 10.6 Å². The number of carbonyl (C=O) groups excluding carboxylic acids is 1. The van der Waals surface area contributed by atoms with Crippen LogP contribution in [0.2, 0.25) is 0 Å². The molecule has 0 atom stereocenters. The number of nitrogens with zero attached hydrogens (tertiary/aromatic N) is 1. The minimum Gasteiger partial charge on any atom is -0.370 e. The van der Waals surface area contributed by atoms with Gasteiger partial charge in [0.1, 0.15) is 0 Å². The number of carbonyl (C=O) groups is 1. The van der Waals surface area contributed by atoms with Crippen molar-refractivity contribution in [3.05, 3.63) is 35.9 Å². The molecule has 0 fully saturated rings. The molecule has 94 valence electrons. The lowest BCUT2D eigenvalue weighted by Crippen LogP contribution is -2.32. The van der Waals surface area contributed by atoms with Gasteiger partial charge in [-0.1, -0.05) is 30.3 Å². The highest BCUT2D eigenvalue weighted by Crippen LogP contribution is 1.96. The van der Waals surface area contributed by atoms with E-state index in [1.54, 1.807) is 7.05 Å². The molecular formula is C11H19N5O. The van der Waals surface area contributed by atoms with Crippen molar-refractivity contribution >= 4 is 12.0 Å². The van der Waals surface area contributed by atoms with E-state index in [1.807, 2.05) is 30.3 Å². The van der Waals surface area contributed by atoms with Gasteiger partial charge in [0.15, 0.2) is 5.96 Å². The van der Waals surface area contributed by atoms with Gasteiger partial charge in [0.05, 0.1) is 0 Å². The molecule has 0 saturated carbocycles. The Morgan fingerprint density at radius 2 is 1.82 bits per heavy atom. The molecule has 6 nitrogen and oxygen atoms in total. The highest BCUT2D eigenvalue weighted by Gasteiger charge is 1.94. The second kappa shape index (κ2) is 9.02. The first-order chi connectivity index (χ1) is 8.10.